The van der Waals surface area contributed by atoms with E-state index in [-0.39, 0.29) is 31.1 Å². The van der Waals surface area contributed by atoms with Crippen molar-refractivity contribution >= 4 is 17.4 Å². The molecule has 0 spiro atoms. The van der Waals surface area contributed by atoms with Crippen LogP contribution in [0.4, 0.5) is 5.69 Å². The highest BCUT2D eigenvalue weighted by Gasteiger charge is 2.16. The van der Waals surface area contributed by atoms with Crippen molar-refractivity contribution in [2.75, 3.05) is 26.5 Å². The van der Waals surface area contributed by atoms with E-state index in [0.29, 0.717) is 36.6 Å². The lowest BCUT2D eigenvalue weighted by Crippen LogP contribution is -2.31. The van der Waals surface area contributed by atoms with Gasteiger partial charge in [-0.2, -0.15) is 0 Å². The number of carbonyl (C=O) groups is 2. The molecule has 0 aliphatic carbocycles. The zero-order chi connectivity index (χ0) is 21.9. The van der Waals surface area contributed by atoms with E-state index in [1.54, 1.807) is 32.4 Å². The molecular weight excluding hydrogens is 384 g/mol. The number of anilines is 1. The highest BCUT2D eigenvalue weighted by molar-refractivity contribution is 5.84. The highest BCUT2D eigenvalue weighted by Crippen LogP contribution is 2.25. The molecule has 0 saturated heterocycles. The molecule has 0 saturated carbocycles. The van der Waals surface area contributed by atoms with Crippen LogP contribution in [0.2, 0.25) is 0 Å². The number of nitrogen functional groups attached to an aromatic ring is 1. The van der Waals surface area contributed by atoms with Crippen LogP contribution in [-0.4, -0.2) is 37.5 Å². The second-order valence-corrected chi connectivity index (χ2v) is 6.82. The van der Waals surface area contributed by atoms with E-state index in [2.05, 4.69) is 0 Å². The molecule has 0 fully saturated rings. The fourth-order valence-electron chi connectivity index (χ4n) is 2.95. The van der Waals surface area contributed by atoms with Crippen LogP contribution in [0, 0.1) is 0 Å². The Bertz CT molecular complexity index is 836. The summed E-state index contributed by atoms with van der Waals surface area (Å²) in [6, 6.07) is 12.8. The van der Waals surface area contributed by atoms with Crippen molar-refractivity contribution in [2.24, 2.45) is 0 Å². The van der Waals surface area contributed by atoms with Crippen LogP contribution in [0.15, 0.2) is 42.5 Å². The Morgan fingerprint density at radius 3 is 2.33 bits per heavy atom. The van der Waals surface area contributed by atoms with Gasteiger partial charge in [-0.05, 0) is 49.2 Å². The van der Waals surface area contributed by atoms with E-state index >= 15 is 0 Å². The van der Waals surface area contributed by atoms with Gasteiger partial charge in [0.15, 0.2) is 0 Å². The smallest absolute Gasteiger partial charge is 0.246 e. The number of benzene rings is 2. The molecule has 7 heteroatoms. The van der Waals surface area contributed by atoms with Crippen LogP contribution < -0.4 is 15.2 Å². The van der Waals surface area contributed by atoms with Crippen LogP contribution in [0.3, 0.4) is 0 Å². The Morgan fingerprint density at radius 1 is 0.967 bits per heavy atom. The predicted molar refractivity (Wildman–Crippen MR) is 115 cm³/mol. The first kappa shape index (κ1) is 23.2. The molecule has 2 aromatic rings. The Morgan fingerprint density at radius 2 is 1.70 bits per heavy atom. The summed E-state index contributed by atoms with van der Waals surface area (Å²) in [4.78, 5) is 30.3. The molecule has 0 atom stereocenters. The van der Waals surface area contributed by atoms with Crippen molar-refractivity contribution in [1.82, 2.24) is 5.06 Å². The second kappa shape index (κ2) is 11.8. The third-order valence-electron chi connectivity index (χ3n) is 4.72. The summed E-state index contributed by atoms with van der Waals surface area (Å²) in [6.45, 7) is 2.36. The van der Waals surface area contributed by atoms with Gasteiger partial charge >= 0.3 is 0 Å². The topological polar surface area (TPSA) is 91.1 Å². The van der Waals surface area contributed by atoms with Crippen LogP contribution >= 0.6 is 0 Å². The molecular formula is C23H30N2O5. The molecule has 0 heterocycles. The normalized spacial score (nSPS) is 10.5. The Kier molecular flexibility index (Phi) is 9.15. The predicted octanol–water partition coefficient (Wildman–Crippen LogP) is 3.55. The average molecular weight is 415 g/mol. The first-order valence-corrected chi connectivity index (χ1v) is 9.97. The number of rotatable bonds is 12. The molecule has 0 aromatic heterocycles. The maximum atomic E-state index is 12.5. The average Bonchev–Trinajstić information content (AvgIpc) is 2.77. The molecule has 1 amide bonds. The lowest BCUT2D eigenvalue weighted by Gasteiger charge is -2.21. The van der Waals surface area contributed by atoms with Crippen molar-refractivity contribution in [3.8, 4) is 11.5 Å². The number of aryl methyl sites for hydroxylation is 1. The minimum atomic E-state index is -0.222. The van der Waals surface area contributed by atoms with Gasteiger partial charge in [0.25, 0.3) is 0 Å². The van der Waals surface area contributed by atoms with Crippen LogP contribution in [0.1, 0.15) is 37.3 Å². The SMILES string of the molecule is CCN(OCc1cc(OC)ccc1OC)C(=O)CCC(=O)CCc1ccc(N)cc1. The standard InChI is InChI=1S/C23H30N2O5/c1-4-25(30-16-18-15-21(28-2)12-13-22(18)29-3)23(27)14-11-20(26)10-7-17-5-8-19(24)9-6-17/h5-6,8-9,12-13,15H,4,7,10-11,14,16,24H2,1-3H3. The molecule has 162 valence electrons. The molecule has 7 nitrogen and oxygen atoms in total. The summed E-state index contributed by atoms with van der Waals surface area (Å²) in [6.07, 6.45) is 1.34. The van der Waals surface area contributed by atoms with Gasteiger partial charge < -0.3 is 15.2 Å². The quantitative estimate of drug-likeness (QED) is 0.422. The van der Waals surface area contributed by atoms with Gasteiger partial charge in [-0.3, -0.25) is 14.4 Å². The molecule has 0 aliphatic rings. The van der Waals surface area contributed by atoms with Crippen molar-refractivity contribution in [3.63, 3.8) is 0 Å². The van der Waals surface area contributed by atoms with Crippen LogP contribution in [0.5, 0.6) is 11.5 Å². The van der Waals surface area contributed by atoms with Gasteiger partial charge in [0.1, 0.15) is 23.9 Å². The summed E-state index contributed by atoms with van der Waals surface area (Å²) in [5.41, 5.74) is 8.18. The van der Waals surface area contributed by atoms with Gasteiger partial charge in [0.2, 0.25) is 5.91 Å². The highest BCUT2D eigenvalue weighted by atomic mass is 16.7. The van der Waals surface area contributed by atoms with Crippen molar-refractivity contribution < 1.29 is 23.9 Å². The summed E-state index contributed by atoms with van der Waals surface area (Å²) in [7, 11) is 3.16. The van der Waals surface area contributed by atoms with Gasteiger partial charge in [-0.25, -0.2) is 5.06 Å². The molecule has 0 unspecified atom stereocenters. The summed E-state index contributed by atoms with van der Waals surface area (Å²) in [5.74, 6) is 1.15. The van der Waals surface area contributed by atoms with Gasteiger partial charge in [-0.1, -0.05) is 12.1 Å². The zero-order valence-electron chi connectivity index (χ0n) is 17.8. The van der Waals surface area contributed by atoms with E-state index < -0.39 is 0 Å². The number of carbonyl (C=O) groups excluding carboxylic acids is 2. The largest absolute Gasteiger partial charge is 0.497 e. The first-order valence-electron chi connectivity index (χ1n) is 9.97. The number of amides is 1. The number of hydrogen-bond donors (Lipinski definition) is 1. The van der Waals surface area contributed by atoms with Gasteiger partial charge in [0, 0.05) is 37.1 Å². The number of nitrogens with two attached hydrogens (primary N) is 1. The van der Waals surface area contributed by atoms with Gasteiger partial charge in [0.05, 0.1) is 14.2 Å². The van der Waals surface area contributed by atoms with E-state index in [9.17, 15) is 9.59 Å². The maximum Gasteiger partial charge on any atom is 0.246 e. The van der Waals surface area contributed by atoms with E-state index in [1.807, 2.05) is 31.2 Å². The van der Waals surface area contributed by atoms with Crippen molar-refractivity contribution in [3.05, 3.63) is 53.6 Å². The minimum absolute atomic E-state index is 0.0469. The molecule has 0 aliphatic heterocycles. The molecule has 2 rings (SSSR count). The number of nitrogens with zero attached hydrogens (tertiary/aromatic N) is 1. The Balaban J connectivity index is 1.81. The summed E-state index contributed by atoms with van der Waals surface area (Å²) >= 11 is 0. The lowest BCUT2D eigenvalue weighted by atomic mass is 10.0. The fourth-order valence-corrected chi connectivity index (χ4v) is 2.95. The number of methoxy groups -OCH3 is 2. The molecule has 2 aromatic carbocycles. The number of Topliss-reactive ketones (excluding diaryl/α,β-unsaturated/α-hetero) is 1. The summed E-state index contributed by atoms with van der Waals surface area (Å²) in [5, 5.41) is 1.28. The maximum absolute atomic E-state index is 12.5. The second-order valence-electron chi connectivity index (χ2n) is 6.82. The molecule has 0 radical (unpaired) electrons. The molecule has 2 N–H and O–H groups in total. The monoisotopic (exact) mass is 414 g/mol. The third-order valence-corrected chi connectivity index (χ3v) is 4.72. The fraction of sp³-hybridized carbons (Fsp3) is 0.391. The van der Waals surface area contributed by atoms with Gasteiger partial charge in [-0.15, -0.1) is 0 Å². The Hall–Kier alpha value is -3.06. The van der Waals surface area contributed by atoms with E-state index in [1.165, 1.54) is 5.06 Å². The number of hydrogen-bond acceptors (Lipinski definition) is 6. The van der Waals surface area contributed by atoms with E-state index in [4.69, 9.17) is 20.0 Å². The van der Waals surface area contributed by atoms with Crippen LogP contribution in [-0.2, 0) is 27.5 Å². The first-order chi connectivity index (χ1) is 14.5. The van der Waals surface area contributed by atoms with E-state index in [0.717, 1.165) is 11.1 Å². The lowest BCUT2D eigenvalue weighted by molar-refractivity contribution is -0.190. The number of hydroxylamine groups is 2. The Labute approximate surface area is 177 Å². The molecule has 30 heavy (non-hydrogen) atoms. The number of ether oxygens (including phenoxy) is 2. The van der Waals surface area contributed by atoms with Crippen molar-refractivity contribution in [2.45, 2.75) is 39.2 Å². The minimum Gasteiger partial charge on any atom is -0.497 e. The number of ketones is 1. The third kappa shape index (κ3) is 7.08. The zero-order valence-corrected chi connectivity index (χ0v) is 17.8. The summed E-state index contributed by atoms with van der Waals surface area (Å²) < 4.78 is 10.6. The van der Waals surface area contributed by atoms with Crippen LogP contribution in [0.25, 0.3) is 0 Å². The van der Waals surface area contributed by atoms with Crippen molar-refractivity contribution in [1.29, 1.82) is 0 Å². The molecule has 0 bridgehead atoms.